The van der Waals surface area contributed by atoms with E-state index >= 15 is 0 Å². The number of hydrogen-bond acceptors (Lipinski definition) is 6. The molecule has 7 nitrogen and oxygen atoms in total. The highest BCUT2D eigenvalue weighted by molar-refractivity contribution is 5.88. The summed E-state index contributed by atoms with van der Waals surface area (Å²) < 4.78 is 17.2. The van der Waals surface area contributed by atoms with Crippen LogP contribution in [0, 0.1) is 6.92 Å². The fourth-order valence-electron chi connectivity index (χ4n) is 3.30. The Kier molecular flexibility index (Phi) is 7.17. The molecule has 0 saturated heterocycles. The molecule has 1 aromatic carbocycles. The maximum Gasteiger partial charge on any atom is 0.410 e. The first kappa shape index (κ1) is 22.6. The molecular weight excluding hydrogens is 396 g/mol. The molecule has 0 fully saturated rings. The van der Waals surface area contributed by atoms with Gasteiger partial charge in [0, 0.05) is 24.5 Å². The van der Waals surface area contributed by atoms with E-state index < -0.39 is 5.60 Å². The van der Waals surface area contributed by atoms with Gasteiger partial charge in [0.15, 0.2) is 0 Å². The highest BCUT2D eigenvalue weighted by Crippen LogP contribution is 2.33. The molecule has 0 atom stereocenters. The minimum absolute atomic E-state index is 0.154. The van der Waals surface area contributed by atoms with Crippen LogP contribution in [0.25, 0.3) is 11.0 Å². The van der Waals surface area contributed by atoms with Crippen LogP contribution in [-0.2, 0) is 17.9 Å². The first-order valence-corrected chi connectivity index (χ1v) is 10.4. The van der Waals surface area contributed by atoms with Crippen LogP contribution in [-0.4, -0.2) is 39.8 Å². The Morgan fingerprint density at radius 1 is 1.23 bits per heavy atom. The third-order valence-electron chi connectivity index (χ3n) is 4.74. The van der Waals surface area contributed by atoms with Crippen LogP contribution in [0.4, 0.5) is 4.79 Å². The van der Waals surface area contributed by atoms with Gasteiger partial charge >= 0.3 is 6.09 Å². The van der Waals surface area contributed by atoms with Crippen molar-refractivity contribution in [1.29, 1.82) is 0 Å². The number of aromatic nitrogens is 1. The van der Waals surface area contributed by atoms with Crippen molar-refractivity contribution >= 4 is 17.1 Å². The second-order valence-corrected chi connectivity index (χ2v) is 8.40. The number of carbonyl (C=O) groups is 1. The highest BCUT2D eigenvalue weighted by Gasteiger charge is 2.22. The number of furan rings is 1. The van der Waals surface area contributed by atoms with E-state index in [0.29, 0.717) is 43.2 Å². The molecule has 7 heteroatoms. The lowest BCUT2D eigenvalue weighted by molar-refractivity contribution is 0.0225. The minimum Gasteiger partial charge on any atom is -0.493 e. The number of hydrogen-bond donors (Lipinski definition) is 1. The van der Waals surface area contributed by atoms with E-state index in [-0.39, 0.29) is 12.7 Å². The molecule has 166 valence electrons. The quantitative estimate of drug-likeness (QED) is 0.519. The summed E-state index contributed by atoms with van der Waals surface area (Å²) in [4.78, 5) is 18.5. The van der Waals surface area contributed by atoms with E-state index in [1.165, 1.54) is 0 Å². The number of nitrogens with zero attached hydrogens (tertiary/aromatic N) is 2. The molecule has 0 aliphatic rings. The van der Waals surface area contributed by atoms with E-state index in [4.69, 9.17) is 13.9 Å². The lowest BCUT2D eigenvalue weighted by Gasteiger charge is -2.27. The molecule has 1 N–H and O–H groups in total. The number of ether oxygens (including phenoxy) is 2. The van der Waals surface area contributed by atoms with Crippen molar-refractivity contribution < 1.29 is 23.8 Å². The lowest BCUT2D eigenvalue weighted by atomic mass is 10.1. The molecule has 3 aromatic rings. The van der Waals surface area contributed by atoms with Crippen molar-refractivity contribution in [1.82, 2.24) is 9.88 Å². The van der Waals surface area contributed by atoms with Crippen molar-refractivity contribution in [2.24, 2.45) is 0 Å². The summed E-state index contributed by atoms with van der Waals surface area (Å²) >= 11 is 0. The van der Waals surface area contributed by atoms with Gasteiger partial charge in [0.05, 0.1) is 18.5 Å². The standard InChI is InChI=1S/C24H30N2O5/c1-17-21(16-27)30-20-10-5-9-19(22(17)20)29-13-7-12-26(23(28)31-24(2,3)4)15-18-8-6-11-25-14-18/h5-6,8-11,14,27H,7,12-13,15-16H2,1-4H3. The zero-order valence-corrected chi connectivity index (χ0v) is 18.6. The van der Waals surface area contributed by atoms with Crippen LogP contribution in [0.1, 0.15) is 44.1 Å². The molecule has 0 aliphatic carbocycles. The van der Waals surface area contributed by atoms with Crippen LogP contribution in [0.15, 0.2) is 47.1 Å². The van der Waals surface area contributed by atoms with Crippen LogP contribution in [0.5, 0.6) is 5.75 Å². The third kappa shape index (κ3) is 5.98. The van der Waals surface area contributed by atoms with Gasteiger partial charge in [-0.05, 0) is 57.9 Å². The fraction of sp³-hybridized carbons (Fsp3) is 0.417. The predicted molar refractivity (Wildman–Crippen MR) is 118 cm³/mol. The van der Waals surface area contributed by atoms with Gasteiger partial charge in [0.25, 0.3) is 0 Å². The summed E-state index contributed by atoms with van der Waals surface area (Å²) in [6, 6.07) is 9.37. The number of aliphatic hydroxyl groups is 1. The first-order chi connectivity index (χ1) is 14.8. The number of aliphatic hydroxyl groups excluding tert-OH is 1. The number of fused-ring (bicyclic) bond motifs is 1. The van der Waals surface area contributed by atoms with Crippen LogP contribution >= 0.6 is 0 Å². The summed E-state index contributed by atoms with van der Waals surface area (Å²) in [5.41, 5.74) is 1.93. The van der Waals surface area contributed by atoms with E-state index in [1.807, 2.05) is 58.0 Å². The molecule has 2 aromatic heterocycles. The van der Waals surface area contributed by atoms with Crippen molar-refractivity contribution in [3.05, 3.63) is 59.6 Å². The van der Waals surface area contributed by atoms with Crippen molar-refractivity contribution in [2.45, 2.75) is 52.9 Å². The zero-order valence-electron chi connectivity index (χ0n) is 18.6. The molecule has 0 radical (unpaired) electrons. The Bertz CT molecular complexity index is 1010. The van der Waals surface area contributed by atoms with Gasteiger partial charge in [-0.1, -0.05) is 12.1 Å². The van der Waals surface area contributed by atoms with E-state index in [0.717, 1.165) is 16.5 Å². The Hall–Kier alpha value is -3.06. The van der Waals surface area contributed by atoms with Gasteiger partial charge in [0.2, 0.25) is 0 Å². The Balaban J connectivity index is 1.64. The van der Waals surface area contributed by atoms with Gasteiger partial charge < -0.3 is 23.9 Å². The van der Waals surface area contributed by atoms with Crippen molar-refractivity contribution in [3.63, 3.8) is 0 Å². The number of benzene rings is 1. The summed E-state index contributed by atoms with van der Waals surface area (Å²) in [5.74, 6) is 1.24. The first-order valence-electron chi connectivity index (χ1n) is 10.4. The molecule has 0 aliphatic heterocycles. The largest absolute Gasteiger partial charge is 0.493 e. The molecule has 0 unspecified atom stereocenters. The zero-order chi connectivity index (χ0) is 22.4. The summed E-state index contributed by atoms with van der Waals surface area (Å²) in [7, 11) is 0. The van der Waals surface area contributed by atoms with Crippen molar-refractivity contribution in [3.8, 4) is 5.75 Å². The molecule has 3 rings (SSSR count). The van der Waals surface area contributed by atoms with Crippen LogP contribution in [0.3, 0.4) is 0 Å². The number of carbonyl (C=O) groups excluding carboxylic acids is 1. The fourth-order valence-corrected chi connectivity index (χ4v) is 3.30. The van der Waals surface area contributed by atoms with Gasteiger partial charge in [0.1, 0.15) is 29.3 Å². The average molecular weight is 427 g/mol. The second kappa shape index (κ2) is 9.83. The normalized spacial score (nSPS) is 11.5. The molecule has 1 amide bonds. The number of rotatable bonds is 8. The maximum atomic E-state index is 12.7. The van der Waals surface area contributed by atoms with Gasteiger partial charge in [-0.15, -0.1) is 0 Å². The average Bonchev–Trinajstić information content (AvgIpc) is 3.06. The smallest absolute Gasteiger partial charge is 0.410 e. The summed E-state index contributed by atoms with van der Waals surface area (Å²) in [6.07, 6.45) is 3.71. The summed E-state index contributed by atoms with van der Waals surface area (Å²) in [6.45, 7) is 8.62. The lowest BCUT2D eigenvalue weighted by Crippen LogP contribution is -2.37. The molecule has 2 heterocycles. The topological polar surface area (TPSA) is 85.0 Å². The molecule has 0 spiro atoms. The van der Waals surface area contributed by atoms with E-state index in [9.17, 15) is 9.90 Å². The van der Waals surface area contributed by atoms with E-state index in [1.54, 1.807) is 17.3 Å². The van der Waals surface area contributed by atoms with Gasteiger partial charge in [-0.3, -0.25) is 4.98 Å². The minimum atomic E-state index is -0.570. The SMILES string of the molecule is Cc1c(CO)oc2cccc(OCCCN(Cc3cccnc3)C(=O)OC(C)(C)C)c12. The van der Waals surface area contributed by atoms with Gasteiger partial charge in [-0.25, -0.2) is 4.79 Å². The Morgan fingerprint density at radius 3 is 2.71 bits per heavy atom. The van der Waals surface area contributed by atoms with Crippen LogP contribution in [0.2, 0.25) is 0 Å². The second-order valence-electron chi connectivity index (χ2n) is 8.40. The molecular formula is C24H30N2O5. The Morgan fingerprint density at radius 2 is 2.03 bits per heavy atom. The number of aryl methyl sites for hydroxylation is 1. The van der Waals surface area contributed by atoms with Crippen LogP contribution < -0.4 is 4.74 Å². The third-order valence-corrected chi connectivity index (χ3v) is 4.74. The molecule has 0 saturated carbocycles. The number of pyridine rings is 1. The predicted octanol–water partition coefficient (Wildman–Crippen LogP) is 4.83. The monoisotopic (exact) mass is 426 g/mol. The summed E-state index contributed by atoms with van der Waals surface area (Å²) in [5, 5.41) is 10.3. The molecule has 0 bridgehead atoms. The Labute approximate surface area is 182 Å². The number of amides is 1. The van der Waals surface area contributed by atoms with Crippen molar-refractivity contribution in [2.75, 3.05) is 13.2 Å². The van der Waals surface area contributed by atoms with Gasteiger partial charge in [-0.2, -0.15) is 0 Å². The molecule has 31 heavy (non-hydrogen) atoms. The van der Waals surface area contributed by atoms with E-state index in [2.05, 4.69) is 4.98 Å². The maximum absolute atomic E-state index is 12.7. The highest BCUT2D eigenvalue weighted by atomic mass is 16.6.